The molecule has 0 atom stereocenters. The van der Waals surface area contributed by atoms with Crippen LogP contribution >= 0.6 is 0 Å². The van der Waals surface area contributed by atoms with Gasteiger partial charge >= 0.3 is 0 Å². The second kappa shape index (κ2) is 4.70. The van der Waals surface area contributed by atoms with Gasteiger partial charge in [0, 0.05) is 17.7 Å². The van der Waals surface area contributed by atoms with Crippen molar-refractivity contribution in [1.29, 1.82) is 0 Å². The van der Waals surface area contributed by atoms with Crippen LogP contribution in [0, 0.1) is 10.1 Å². The minimum absolute atomic E-state index is 0.0138. The van der Waals surface area contributed by atoms with Crippen molar-refractivity contribution >= 4 is 18.3 Å². The lowest BCUT2D eigenvalue weighted by Gasteiger charge is -1.92. The van der Waals surface area contributed by atoms with Crippen LogP contribution in [-0.2, 0) is 4.79 Å². The highest BCUT2D eigenvalue weighted by Gasteiger charge is 2.03. The van der Waals surface area contributed by atoms with Crippen LogP contribution in [0.15, 0.2) is 29.4 Å². The smallest absolute Gasteiger partial charge is 0.270 e. The molecule has 0 aliphatic carbocycles. The van der Waals surface area contributed by atoms with Crippen molar-refractivity contribution in [2.75, 3.05) is 0 Å². The maximum Gasteiger partial charge on any atom is 0.270 e. The zero-order valence-corrected chi connectivity index (χ0v) is 7.08. The van der Waals surface area contributed by atoms with E-state index in [2.05, 4.69) is 10.5 Å². The molecule has 1 amide bonds. The molecule has 0 fully saturated rings. The van der Waals surface area contributed by atoms with Gasteiger partial charge in [-0.05, 0) is 0 Å². The molecule has 1 rings (SSSR count). The second-order valence-corrected chi connectivity index (χ2v) is 2.36. The number of amides is 1. The number of nitrogens with one attached hydrogen (secondary N) is 1. The minimum Gasteiger partial charge on any atom is -0.277 e. The Balaban J connectivity index is 2.83. The van der Waals surface area contributed by atoms with E-state index in [0.29, 0.717) is 12.0 Å². The number of nitro benzene ring substituents is 1. The maximum atomic E-state index is 10.4. The summed E-state index contributed by atoms with van der Waals surface area (Å²) in [6.45, 7) is 0. The van der Waals surface area contributed by atoms with E-state index in [-0.39, 0.29) is 5.69 Å². The summed E-state index contributed by atoms with van der Waals surface area (Å²) in [5.74, 6) is 0. The van der Waals surface area contributed by atoms with Crippen LogP contribution in [0.3, 0.4) is 0 Å². The SMILES string of the molecule is O=CN/N=C/c1cccc([N+](=O)[O-])c1. The van der Waals surface area contributed by atoms with Gasteiger partial charge in [0.2, 0.25) is 6.41 Å². The number of hydrogen-bond acceptors (Lipinski definition) is 4. The lowest BCUT2D eigenvalue weighted by atomic mass is 10.2. The van der Waals surface area contributed by atoms with Gasteiger partial charge in [-0.3, -0.25) is 14.9 Å². The number of benzene rings is 1. The Labute approximate surface area is 79.4 Å². The van der Waals surface area contributed by atoms with E-state index in [1.165, 1.54) is 18.3 Å². The van der Waals surface area contributed by atoms with Crippen LogP contribution in [0.2, 0.25) is 0 Å². The first-order chi connectivity index (χ1) is 6.74. The number of carbonyl (C=O) groups excluding carboxylic acids is 1. The van der Waals surface area contributed by atoms with Crippen molar-refractivity contribution in [2.24, 2.45) is 5.10 Å². The number of hydrazone groups is 1. The average Bonchev–Trinajstić information content (AvgIpc) is 2.19. The predicted octanol–water partition coefficient (Wildman–Crippen LogP) is 0.675. The third-order valence-electron chi connectivity index (χ3n) is 1.42. The standard InChI is InChI=1S/C8H7N3O3/c12-6-10-9-5-7-2-1-3-8(4-7)11(13)14/h1-6H,(H,10,12)/b9-5+. The fourth-order valence-electron chi connectivity index (χ4n) is 0.861. The summed E-state index contributed by atoms with van der Waals surface area (Å²) in [5.41, 5.74) is 2.60. The average molecular weight is 193 g/mol. The van der Waals surface area contributed by atoms with Gasteiger partial charge in [-0.25, -0.2) is 5.43 Å². The lowest BCUT2D eigenvalue weighted by Crippen LogP contribution is -2.00. The molecule has 0 saturated carbocycles. The Hall–Kier alpha value is -2.24. The monoisotopic (exact) mass is 193 g/mol. The van der Waals surface area contributed by atoms with E-state index in [9.17, 15) is 14.9 Å². The highest BCUT2D eigenvalue weighted by atomic mass is 16.6. The van der Waals surface area contributed by atoms with Gasteiger partial charge < -0.3 is 0 Å². The highest BCUT2D eigenvalue weighted by molar-refractivity contribution is 5.80. The fourth-order valence-corrected chi connectivity index (χ4v) is 0.861. The molecule has 0 aromatic heterocycles. The van der Waals surface area contributed by atoms with Crippen LogP contribution in [-0.4, -0.2) is 17.5 Å². The van der Waals surface area contributed by atoms with E-state index in [1.54, 1.807) is 12.1 Å². The number of carbonyl (C=O) groups is 1. The first-order valence-corrected chi connectivity index (χ1v) is 3.70. The molecule has 6 nitrogen and oxygen atoms in total. The normalized spacial score (nSPS) is 10.0. The summed E-state index contributed by atoms with van der Waals surface area (Å²) >= 11 is 0. The lowest BCUT2D eigenvalue weighted by molar-refractivity contribution is -0.384. The van der Waals surface area contributed by atoms with E-state index in [4.69, 9.17) is 0 Å². The Morgan fingerprint density at radius 2 is 2.29 bits per heavy atom. The molecule has 1 aromatic carbocycles. The molecule has 0 heterocycles. The van der Waals surface area contributed by atoms with Gasteiger partial charge in [0.1, 0.15) is 0 Å². The molecule has 0 saturated heterocycles. The molecule has 0 aliphatic heterocycles. The fraction of sp³-hybridized carbons (Fsp3) is 0. The van der Waals surface area contributed by atoms with Gasteiger partial charge in [-0.15, -0.1) is 0 Å². The third kappa shape index (κ3) is 2.67. The van der Waals surface area contributed by atoms with Crippen LogP contribution < -0.4 is 5.43 Å². The first-order valence-electron chi connectivity index (χ1n) is 3.70. The summed E-state index contributed by atoms with van der Waals surface area (Å²) in [7, 11) is 0. The summed E-state index contributed by atoms with van der Waals surface area (Å²) in [5, 5.41) is 13.9. The van der Waals surface area contributed by atoms with Gasteiger partial charge in [-0.2, -0.15) is 5.10 Å². The second-order valence-electron chi connectivity index (χ2n) is 2.36. The molecule has 0 unspecified atom stereocenters. The Morgan fingerprint density at radius 1 is 1.50 bits per heavy atom. The summed E-state index contributed by atoms with van der Waals surface area (Å²) in [6.07, 6.45) is 1.73. The van der Waals surface area contributed by atoms with Gasteiger partial charge in [0.15, 0.2) is 0 Å². The van der Waals surface area contributed by atoms with Crippen molar-refractivity contribution in [1.82, 2.24) is 5.43 Å². The number of hydrogen-bond donors (Lipinski definition) is 1. The van der Waals surface area contributed by atoms with E-state index < -0.39 is 4.92 Å². The summed E-state index contributed by atoms with van der Waals surface area (Å²) in [4.78, 5) is 19.7. The van der Waals surface area contributed by atoms with Gasteiger partial charge in [0.25, 0.3) is 5.69 Å². The zero-order valence-electron chi connectivity index (χ0n) is 7.08. The molecule has 0 aliphatic rings. The minimum atomic E-state index is -0.496. The molecule has 1 N–H and O–H groups in total. The Kier molecular flexibility index (Phi) is 3.31. The van der Waals surface area contributed by atoms with Crippen molar-refractivity contribution < 1.29 is 9.72 Å². The van der Waals surface area contributed by atoms with Crippen LogP contribution in [0.1, 0.15) is 5.56 Å². The highest BCUT2D eigenvalue weighted by Crippen LogP contribution is 2.11. The van der Waals surface area contributed by atoms with Crippen LogP contribution in [0.25, 0.3) is 0 Å². The Morgan fingerprint density at radius 3 is 2.93 bits per heavy atom. The number of nitro groups is 1. The van der Waals surface area contributed by atoms with Gasteiger partial charge in [0.05, 0.1) is 11.1 Å². The largest absolute Gasteiger partial charge is 0.277 e. The molecule has 72 valence electrons. The molecule has 6 heteroatoms. The summed E-state index contributed by atoms with van der Waals surface area (Å²) < 4.78 is 0. The van der Waals surface area contributed by atoms with Crippen molar-refractivity contribution in [3.05, 3.63) is 39.9 Å². The molecule has 0 bridgehead atoms. The van der Waals surface area contributed by atoms with Crippen molar-refractivity contribution in [2.45, 2.75) is 0 Å². The van der Waals surface area contributed by atoms with Crippen LogP contribution in [0.4, 0.5) is 5.69 Å². The number of rotatable bonds is 4. The summed E-state index contributed by atoms with van der Waals surface area (Å²) in [6, 6.07) is 5.92. The molecule has 0 spiro atoms. The van der Waals surface area contributed by atoms with Gasteiger partial charge in [-0.1, -0.05) is 12.1 Å². The quantitative estimate of drug-likeness (QED) is 0.330. The molecular weight excluding hydrogens is 186 g/mol. The van der Waals surface area contributed by atoms with E-state index in [0.717, 1.165) is 0 Å². The van der Waals surface area contributed by atoms with E-state index in [1.807, 2.05) is 0 Å². The molecule has 0 radical (unpaired) electrons. The Bertz CT molecular complexity index is 376. The first kappa shape index (κ1) is 9.85. The van der Waals surface area contributed by atoms with Crippen molar-refractivity contribution in [3.8, 4) is 0 Å². The predicted molar refractivity (Wildman–Crippen MR) is 49.9 cm³/mol. The number of non-ortho nitro benzene ring substituents is 1. The van der Waals surface area contributed by atoms with Crippen molar-refractivity contribution in [3.63, 3.8) is 0 Å². The molecular formula is C8H7N3O3. The maximum absolute atomic E-state index is 10.4. The number of nitrogens with zero attached hydrogens (tertiary/aromatic N) is 2. The van der Waals surface area contributed by atoms with E-state index >= 15 is 0 Å². The molecule has 1 aromatic rings. The third-order valence-corrected chi connectivity index (χ3v) is 1.42. The topological polar surface area (TPSA) is 84.6 Å². The van der Waals surface area contributed by atoms with Crippen LogP contribution in [0.5, 0.6) is 0 Å². The zero-order chi connectivity index (χ0) is 10.4. The molecule has 14 heavy (non-hydrogen) atoms.